The second-order valence-electron chi connectivity index (χ2n) is 8.22. The van der Waals surface area contributed by atoms with Crippen molar-refractivity contribution in [1.29, 1.82) is 0 Å². The van der Waals surface area contributed by atoms with E-state index < -0.39 is 0 Å². The number of amides is 2. The van der Waals surface area contributed by atoms with Crippen molar-refractivity contribution in [2.45, 2.75) is 6.92 Å². The van der Waals surface area contributed by atoms with Gasteiger partial charge in [0.25, 0.3) is 5.91 Å². The second-order valence-corrected chi connectivity index (χ2v) is 8.22. The van der Waals surface area contributed by atoms with Crippen LogP contribution in [0.2, 0.25) is 0 Å². The Bertz CT molecular complexity index is 1360. The van der Waals surface area contributed by atoms with Crippen LogP contribution in [0.1, 0.15) is 15.9 Å². The van der Waals surface area contributed by atoms with E-state index in [4.69, 9.17) is 4.74 Å². The first-order valence-electron chi connectivity index (χ1n) is 11.5. The minimum atomic E-state index is -0.358. The maximum absolute atomic E-state index is 13.1. The summed E-state index contributed by atoms with van der Waals surface area (Å²) in [6.45, 7) is 5.71. The highest BCUT2D eigenvalue weighted by atomic mass is 16.5. The molecular formula is C29H28N4O3. The predicted molar refractivity (Wildman–Crippen MR) is 141 cm³/mol. The molecule has 0 aliphatic carbocycles. The van der Waals surface area contributed by atoms with Gasteiger partial charge in [0.1, 0.15) is 12.3 Å². The Hall–Kier alpha value is -4.65. The fourth-order valence-electron chi connectivity index (χ4n) is 3.85. The van der Waals surface area contributed by atoms with Crippen molar-refractivity contribution in [3.05, 3.63) is 109 Å². The number of para-hydroxylation sites is 1. The molecule has 36 heavy (non-hydrogen) atoms. The Morgan fingerprint density at radius 2 is 1.72 bits per heavy atom. The van der Waals surface area contributed by atoms with Crippen LogP contribution in [0.4, 0.5) is 5.95 Å². The third-order valence-electron chi connectivity index (χ3n) is 5.72. The van der Waals surface area contributed by atoms with Crippen LogP contribution < -0.4 is 10.1 Å². The number of hydrogen-bond donors (Lipinski definition) is 1. The molecule has 0 aliphatic rings. The van der Waals surface area contributed by atoms with Gasteiger partial charge in [0.15, 0.2) is 0 Å². The summed E-state index contributed by atoms with van der Waals surface area (Å²) in [6, 6.07) is 24.5. The molecule has 0 saturated heterocycles. The first-order valence-corrected chi connectivity index (χ1v) is 11.5. The quantitative estimate of drug-likeness (QED) is 0.337. The van der Waals surface area contributed by atoms with Gasteiger partial charge >= 0.3 is 0 Å². The highest BCUT2D eigenvalue weighted by Crippen LogP contribution is 2.26. The fraction of sp³-hybridized carbons (Fsp3) is 0.138. The number of carbonyl (C=O) groups excluding carboxylic acids is 2. The molecule has 4 aromatic rings. The third-order valence-corrected chi connectivity index (χ3v) is 5.72. The number of carbonyl (C=O) groups is 2. The third kappa shape index (κ3) is 5.52. The van der Waals surface area contributed by atoms with Gasteiger partial charge in [-0.3, -0.25) is 19.5 Å². The molecule has 1 aromatic heterocycles. The average molecular weight is 481 g/mol. The van der Waals surface area contributed by atoms with Crippen molar-refractivity contribution in [2.24, 2.45) is 0 Å². The molecule has 0 spiro atoms. The Labute approximate surface area is 210 Å². The van der Waals surface area contributed by atoms with Crippen LogP contribution in [0.5, 0.6) is 5.75 Å². The van der Waals surface area contributed by atoms with E-state index in [2.05, 4.69) is 16.9 Å². The number of nitrogens with zero attached hydrogens (tertiary/aromatic N) is 3. The van der Waals surface area contributed by atoms with E-state index in [0.717, 1.165) is 22.6 Å². The number of ether oxygens (including phenoxy) is 1. The molecule has 7 heteroatoms. The molecule has 0 radical (unpaired) electrons. The lowest BCUT2D eigenvalue weighted by atomic mass is 10.1. The summed E-state index contributed by atoms with van der Waals surface area (Å²) in [4.78, 5) is 32.4. The number of aryl methyl sites for hydroxylation is 1. The lowest BCUT2D eigenvalue weighted by molar-refractivity contribution is -0.116. The summed E-state index contributed by atoms with van der Waals surface area (Å²) in [6.07, 6.45) is 3.48. The molecule has 0 fully saturated rings. The molecular weight excluding hydrogens is 452 g/mol. The maximum Gasteiger partial charge on any atom is 0.254 e. The van der Waals surface area contributed by atoms with Crippen LogP contribution in [0.15, 0.2) is 97.7 Å². The standard InChI is InChI=1S/C29H28N4O3/c1-4-18-32(28(35)25-13-9-8-10-21(25)2)20-27(34)31-29-30-26(22-14-16-24(36-3)17-15-22)19-33(29)23-11-6-5-7-12-23/h4-17,19H,1,18,20H2,2-3H3,(H,30,31,34). The molecule has 4 rings (SSSR count). The van der Waals surface area contributed by atoms with Crippen LogP contribution in [0.25, 0.3) is 16.9 Å². The zero-order valence-electron chi connectivity index (χ0n) is 20.3. The molecule has 2 amide bonds. The van der Waals surface area contributed by atoms with Gasteiger partial charge in [-0.25, -0.2) is 4.98 Å². The zero-order valence-corrected chi connectivity index (χ0v) is 20.3. The van der Waals surface area contributed by atoms with Crippen LogP contribution in [0.3, 0.4) is 0 Å². The second kappa shape index (κ2) is 11.2. The number of imidazole rings is 1. The summed E-state index contributed by atoms with van der Waals surface area (Å²) in [5.41, 5.74) is 3.82. The van der Waals surface area contributed by atoms with Gasteiger partial charge in [0.2, 0.25) is 11.9 Å². The number of aromatic nitrogens is 2. The fourth-order valence-corrected chi connectivity index (χ4v) is 3.85. The van der Waals surface area contributed by atoms with Crippen LogP contribution in [-0.2, 0) is 4.79 Å². The first kappa shape index (κ1) is 24.5. The van der Waals surface area contributed by atoms with Crippen LogP contribution >= 0.6 is 0 Å². The van der Waals surface area contributed by atoms with Crippen LogP contribution in [-0.4, -0.2) is 46.5 Å². The van der Waals surface area contributed by atoms with Gasteiger partial charge in [0, 0.05) is 29.6 Å². The molecule has 0 saturated carbocycles. The maximum atomic E-state index is 13.1. The van der Waals surface area contributed by atoms with Crippen molar-refractivity contribution in [3.63, 3.8) is 0 Å². The molecule has 0 atom stereocenters. The van der Waals surface area contributed by atoms with Crippen molar-refractivity contribution in [1.82, 2.24) is 14.5 Å². The minimum Gasteiger partial charge on any atom is -0.497 e. The number of hydrogen-bond acceptors (Lipinski definition) is 4. The first-order chi connectivity index (χ1) is 17.5. The Morgan fingerprint density at radius 1 is 1.03 bits per heavy atom. The van der Waals surface area contributed by atoms with Gasteiger partial charge in [-0.1, -0.05) is 42.5 Å². The predicted octanol–water partition coefficient (Wildman–Crippen LogP) is 5.12. The number of nitrogens with one attached hydrogen (secondary N) is 1. The molecule has 0 bridgehead atoms. The van der Waals surface area contributed by atoms with Gasteiger partial charge in [0.05, 0.1) is 12.8 Å². The molecule has 7 nitrogen and oxygen atoms in total. The smallest absolute Gasteiger partial charge is 0.254 e. The SMILES string of the molecule is C=CCN(CC(=O)Nc1nc(-c2ccc(OC)cc2)cn1-c1ccccc1)C(=O)c1ccccc1C. The lowest BCUT2D eigenvalue weighted by Crippen LogP contribution is -2.38. The monoisotopic (exact) mass is 480 g/mol. The number of anilines is 1. The average Bonchev–Trinajstić information content (AvgIpc) is 3.32. The van der Waals surface area contributed by atoms with Crippen molar-refractivity contribution < 1.29 is 14.3 Å². The molecule has 1 N–H and O–H groups in total. The highest BCUT2D eigenvalue weighted by molar-refractivity contribution is 6.00. The van der Waals surface area contributed by atoms with Crippen molar-refractivity contribution >= 4 is 17.8 Å². The summed E-state index contributed by atoms with van der Waals surface area (Å²) in [5.74, 6) is 0.519. The van der Waals surface area contributed by atoms with Crippen molar-refractivity contribution in [2.75, 3.05) is 25.5 Å². The van der Waals surface area contributed by atoms with E-state index in [1.54, 1.807) is 19.3 Å². The van der Waals surface area contributed by atoms with Crippen LogP contribution in [0, 0.1) is 6.92 Å². The van der Waals surface area contributed by atoms with E-state index in [0.29, 0.717) is 17.2 Å². The summed E-state index contributed by atoms with van der Waals surface area (Å²) >= 11 is 0. The Kier molecular flexibility index (Phi) is 7.60. The summed E-state index contributed by atoms with van der Waals surface area (Å²) in [7, 11) is 1.62. The molecule has 0 unspecified atom stereocenters. The topological polar surface area (TPSA) is 76.5 Å². The zero-order chi connectivity index (χ0) is 25.5. The van der Waals surface area contributed by atoms with E-state index in [-0.39, 0.29) is 24.9 Å². The molecule has 182 valence electrons. The highest BCUT2D eigenvalue weighted by Gasteiger charge is 2.21. The normalized spacial score (nSPS) is 10.5. The molecule has 0 aliphatic heterocycles. The van der Waals surface area contributed by atoms with E-state index in [9.17, 15) is 9.59 Å². The van der Waals surface area contributed by atoms with E-state index >= 15 is 0 Å². The molecule has 3 aromatic carbocycles. The summed E-state index contributed by atoms with van der Waals surface area (Å²) in [5, 5.41) is 2.89. The Balaban J connectivity index is 1.60. The van der Waals surface area contributed by atoms with Gasteiger partial charge in [-0.2, -0.15) is 0 Å². The lowest BCUT2D eigenvalue weighted by Gasteiger charge is -2.21. The Morgan fingerprint density at radius 3 is 2.39 bits per heavy atom. The van der Waals surface area contributed by atoms with E-state index in [1.165, 1.54) is 4.90 Å². The number of rotatable bonds is 9. The van der Waals surface area contributed by atoms with Gasteiger partial charge in [-0.15, -0.1) is 6.58 Å². The molecule has 1 heterocycles. The van der Waals surface area contributed by atoms with Gasteiger partial charge < -0.3 is 9.64 Å². The van der Waals surface area contributed by atoms with E-state index in [1.807, 2.05) is 90.5 Å². The largest absolute Gasteiger partial charge is 0.497 e. The summed E-state index contributed by atoms with van der Waals surface area (Å²) < 4.78 is 7.07. The van der Waals surface area contributed by atoms with Crippen molar-refractivity contribution in [3.8, 4) is 22.7 Å². The van der Waals surface area contributed by atoms with Gasteiger partial charge in [-0.05, 0) is 55.0 Å². The number of benzene rings is 3. The number of methoxy groups -OCH3 is 1. The minimum absolute atomic E-state index is 0.140.